The molecule has 1 aliphatic heterocycles. The second kappa shape index (κ2) is 8.91. The van der Waals surface area contributed by atoms with Crippen molar-refractivity contribution in [3.8, 4) is 0 Å². The summed E-state index contributed by atoms with van der Waals surface area (Å²) in [4.78, 5) is 25.2. The highest BCUT2D eigenvalue weighted by atomic mass is 32.2. The molecule has 8 nitrogen and oxygen atoms in total. The summed E-state index contributed by atoms with van der Waals surface area (Å²) in [7, 11) is -3.92. The maximum absolute atomic E-state index is 13.1. The van der Waals surface area contributed by atoms with Crippen molar-refractivity contribution in [1.29, 1.82) is 0 Å². The number of carbonyl (C=O) groups is 1. The lowest BCUT2D eigenvalue weighted by Crippen LogP contribution is -2.49. The number of hydrogen-bond acceptors (Lipinski definition) is 6. The number of nitrogens with one attached hydrogen (secondary N) is 1. The predicted molar refractivity (Wildman–Crippen MR) is 119 cm³/mol. The molecule has 2 heterocycles. The Morgan fingerprint density at radius 3 is 2.31 bits per heavy atom. The lowest BCUT2D eigenvalue weighted by molar-refractivity contribution is 0.0746. The van der Waals surface area contributed by atoms with E-state index in [1.165, 1.54) is 18.2 Å². The Hall–Kier alpha value is -3.53. The standard InChI is InChI=1S/C22H22FN5O3S/c1-16-3-4-17(15-20(16)26-32(30,31)19-7-5-18(23)6-8-19)21(29)27-11-13-28(14-12-27)22-24-9-2-10-25-22/h2-10,15,26H,11-14H2,1H3. The molecule has 1 aliphatic rings. The summed E-state index contributed by atoms with van der Waals surface area (Å²) in [5.41, 5.74) is 1.35. The maximum atomic E-state index is 13.1. The van der Waals surface area contributed by atoms with Crippen molar-refractivity contribution < 1.29 is 17.6 Å². The first kappa shape index (κ1) is 21.7. The average molecular weight is 456 g/mol. The normalized spacial score (nSPS) is 14.3. The van der Waals surface area contributed by atoms with Crippen LogP contribution in [0.4, 0.5) is 16.0 Å². The number of anilines is 2. The number of aromatic nitrogens is 2. The first-order valence-corrected chi connectivity index (χ1v) is 11.5. The molecule has 1 fully saturated rings. The van der Waals surface area contributed by atoms with Crippen LogP contribution in [-0.4, -0.2) is 55.4 Å². The third kappa shape index (κ3) is 4.70. The highest BCUT2D eigenvalue weighted by Crippen LogP contribution is 2.23. The third-order valence-electron chi connectivity index (χ3n) is 5.25. The van der Waals surface area contributed by atoms with E-state index in [1.807, 2.05) is 4.90 Å². The van der Waals surface area contributed by atoms with Gasteiger partial charge in [-0.05, 0) is 55.0 Å². The van der Waals surface area contributed by atoms with Gasteiger partial charge in [-0.2, -0.15) is 0 Å². The van der Waals surface area contributed by atoms with E-state index in [2.05, 4.69) is 14.7 Å². The van der Waals surface area contributed by atoms with Crippen molar-refractivity contribution in [3.63, 3.8) is 0 Å². The minimum Gasteiger partial charge on any atom is -0.337 e. The van der Waals surface area contributed by atoms with E-state index in [0.717, 1.165) is 12.1 Å². The van der Waals surface area contributed by atoms with Crippen LogP contribution in [0.5, 0.6) is 0 Å². The number of nitrogens with zero attached hydrogens (tertiary/aromatic N) is 4. The van der Waals surface area contributed by atoms with Gasteiger partial charge in [0.1, 0.15) is 5.82 Å². The van der Waals surface area contributed by atoms with E-state index in [9.17, 15) is 17.6 Å². The van der Waals surface area contributed by atoms with Gasteiger partial charge in [-0.15, -0.1) is 0 Å². The summed E-state index contributed by atoms with van der Waals surface area (Å²) in [6.45, 7) is 3.95. The second-order valence-corrected chi connectivity index (χ2v) is 9.10. The van der Waals surface area contributed by atoms with Gasteiger partial charge in [0.2, 0.25) is 5.95 Å². The Kier molecular flexibility index (Phi) is 6.04. The molecular weight excluding hydrogens is 433 g/mol. The van der Waals surface area contributed by atoms with Gasteiger partial charge in [0.05, 0.1) is 10.6 Å². The van der Waals surface area contributed by atoms with Crippen LogP contribution in [0.2, 0.25) is 0 Å². The number of hydrogen-bond donors (Lipinski definition) is 1. The zero-order valence-electron chi connectivity index (χ0n) is 17.4. The van der Waals surface area contributed by atoms with Gasteiger partial charge < -0.3 is 9.80 Å². The number of piperazine rings is 1. The minimum atomic E-state index is -3.92. The lowest BCUT2D eigenvalue weighted by Gasteiger charge is -2.34. The maximum Gasteiger partial charge on any atom is 0.261 e. The van der Waals surface area contributed by atoms with Crippen LogP contribution in [0, 0.1) is 12.7 Å². The Bertz CT molecular complexity index is 1210. The van der Waals surface area contributed by atoms with E-state index in [0.29, 0.717) is 48.9 Å². The zero-order valence-corrected chi connectivity index (χ0v) is 18.2. The molecule has 2 aromatic carbocycles. The van der Waals surface area contributed by atoms with E-state index >= 15 is 0 Å². The van der Waals surface area contributed by atoms with Gasteiger partial charge in [0.25, 0.3) is 15.9 Å². The molecule has 0 radical (unpaired) electrons. The molecule has 1 amide bonds. The first-order chi connectivity index (χ1) is 15.3. The van der Waals surface area contributed by atoms with Crippen LogP contribution >= 0.6 is 0 Å². The molecule has 0 saturated carbocycles. The lowest BCUT2D eigenvalue weighted by atomic mass is 10.1. The monoisotopic (exact) mass is 455 g/mol. The highest BCUT2D eigenvalue weighted by Gasteiger charge is 2.24. The SMILES string of the molecule is Cc1ccc(C(=O)N2CCN(c3ncccn3)CC2)cc1NS(=O)(=O)c1ccc(F)cc1. The predicted octanol–water partition coefficient (Wildman–Crippen LogP) is 2.69. The Morgan fingerprint density at radius 1 is 1.00 bits per heavy atom. The van der Waals surface area contributed by atoms with Crippen molar-refractivity contribution in [1.82, 2.24) is 14.9 Å². The van der Waals surface area contributed by atoms with Crippen LogP contribution in [-0.2, 0) is 10.0 Å². The van der Waals surface area contributed by atoms with Gasteiger partial charge in [-0.1, -0.05) is 6.07 Å². The van der Waals surface area contributed by atoms with Gasteiger partial charge >= 0.3 is 0 Å². The van der Waals surface area contributed by atoms with Crippen LogP contribution in [0.15, 0.2) is 65.8 Å². The number of sulfonamides is 1. The fourth-order valence-corrected chi connectivity index (χ4v) is 4.55. The van der Waals surface area contributed by atoms with Crippen molar-refractivity contribution in [3.05, 3.63) is 77.9 Å². The summed E-state index contributed by atoms with van der Waals surface area (Å²) in [5, 5.41) is 0. The molecule has 0 unspecified atom stereocenters. The van der Waals surface area contributed by atoms with Crippen LogP contribution < -0.4 is 9.62 Å². The summed E-state index contributed by atoms with van der Waals surface area (Å²) in [6, 6.07) is 11.2. The fraction of sp³-hybridized carbons (Fsp3) is 0.227. The topological polar surface area (TPSA) is 95.5 Å². The summed E-state index contributed by atoms with van der Waals surface area (Å²) in [6.07, 6.45) is 3.36. The van der Waals surface area contributed by atoms with Gasteiger partial charge in [-0.25, -0.2) is 22.8 Å². The number of rotatable bonds is 5. The molecule has 0 spiro atoms. The highest BCUT2D eigenvalue weighted by molar-refractivity contribution is 7.92. The summed E-state index contributed by atoms with van der Waals surface area (Å²) in [5.74, 6) is -0.0695. The second-order valence-electron chi connectivity index (χ2n) is 7.42. The number of amides is 1. The van der Waals surface area contributed by atoms with Gasteiger partial charge in [0.15, 0.2) is 0 Å². The Labute approximate surface area is 185 Å². The molecule has 1 saturated heterocycles. The number of carbonyl (C=O) groups excluding carboxylic acids is 1. The first-order valence-electron chi connectivity index (χ1n) is 10.0. The number of benzene rings is 2. The van der Waals surface area contributed by atoms with Crippen molar-refractivity contribution in [2.45, 2.75) is 11.8 Å². The van der Waals surface area contributed by atoms with Crippen LogP contribution in [0.3, 0.4) is 0 Å². The average Bonchev–Trinajstić information content (AvgIpc) is 2.81. The van der Waals surface area contributed by atoms with Crippen LogP contribution in [0.1, 0.15) is 15.9 Å². The fourth-order valence-electron chi connectivity index (χ4n) is 3.43. The molecule has 166 valence electrons. The largest absolute Gasteiger partial charge is 0.337 e. The summed E-state index contributed by atoms with van der Waals surface area (Å²) < 4.78 is 41.0. The number of halogens is 1. The van der Waals surface area contributed by atoms with E-state index in [-0.39, 0.29) is 10.8 Å². The Morgan fingerprint density at radius 2 is 1.66 bits per heavy atom. The van der Waals surface area contributed by atoms with Crippen molar-refractivity contribution in [2.24, 2.45) is 0 Å². The molecule has 1 N–H and O–H groups in total. The summed E-state index contributed by atoms with van der Waals surface area (Å²) >= 11 is 0. The molecule has 0 aliphatic carbocycles. The smallest absolute Gasteiger partial charge is 0.261 e. The molecule has 4 rings (SSSR count). The third-order valence-corrected chi connectivity index (χ3v) is 6.64. The molecule has 32 heavy (non-hydrogen) atoms. The van der Waals surface area contributed by atoms with Gasteiger partial charge in [0, 0.05) is 44.1 Å². The van der Waals surface area contributed by atoms with Gasteiger partial charge in [-0.3, -0.25) is 9.52 Å². The molecule has 0 atom stereocenters. The number of aryl methyl sites for hydroxylation is 1. The van der Waals surface area contributed by atoms with E-state index in [1.54, 1.807) is 42.4 Å². The molecule has 1 aromatic heterocycles. The van der Waals surface area contributed by atoms with Crippen LogP contribution in [0.25, 0.3) is 0 Å². The Balaban J connectivity index is 1.47. The van der Waals surface area contributed by atoms with Crippen molar-refractivity contribution in [2.75, 3.05) is 35.8 Å². The quantitative estimate of drug-likeness (QED) is 0.636. The van der Waals surface area contributed by atoms with E-state index in [4.69, 9.17) is 0 Å². The molecule has 0 bridgehead atoms. The molecular formula is C22H22FN5O3S. The minimum absolute atomic E-state index is 0.0608. The van der Waals surface area contributed by atoms with E-state index < -0.39 is 15.8 Å². The molecule has 3 aromatic rings. The van der Waals surface area contributed by atoms with Crippen molar-refractivity contribution >= 4 is 27.6 Å². The zero-order chi connectivity index (χ0) is 22.7. The molecule has 10 heteroatoms.